The van der Waals surface area contributed by atoms with E-state index in [1.165, 1.54) is 6.92 Å². The van der Waals surface area contributed by atoms with Crippen molar-refractivity contribution in [2.75, 3.05) is 33.4 Å². The van der Waals surface area contributed by atoms with Crippen LogP contribution < -0.4 is 4.74 Å². The topological polar surface area (TPSA) is 60.6 Å². The van der Waals surface area contributed by atoms with Crippen LogP contribution in [0.4, 0.5) is 13.2 Å². The van der Waals surface area contributed by atoms with Gasteiger partial charge in [-0.25, -0.2) is 4.98 Å². The van der Waals surface area contributed by atoms with Crippen LogP contribution in [0.15, 0.2) is 34.9 Å². The lowest BCUT2D eigenvalue weighted by Crippen LogP contribution is -2.34. The molecule has 9 heteroatoms. The SMILES string of the molecule is COCCOc1ccc(CN2CCC[C@@H](c3noc4nc(C)cc(C(F)(F)F)c34)C2)cc1. The minimum absolute atomic E-state index is 0.00693. The van der Waals surface area contributed by atoms with Crippen LogP contribution in [0.2, 0.25) is 0 Å². The molecule has 2 aromatic heterocycles. The molecule has 1 aliphatic heterocycles. The zero-order chi connectivity index (χ0) is 22.7. The molecular formula is C23H26F3N3O3. The monoisotopic (exact) mass is 449 g/mol. The van der Waals surface area contributed by atoms with Gasteiger partial charge in [0.1, 0.15) is 12.4 Å². The number of likely N-dealkylation sites (tertiary alicyclic amines) is 1. The lowest BCUT2D eigenvalue weighted by Gasteiger charge is -2.32. The van der Waals surface area contributed by atoms with E-state index in [2.05, 4.69) is 15.0 Å². The van der Waals surface area contributed by atoms with Crippen LogP contribution in [0.3, 0.4) is 0 Å². The molecule has 0 bridgehead atoms. The number of rotatable bonds is 7. The van der Waals surface area contributed by atoms with Gasteiger partial charge in [-0.05, 0) is 50.1 Å². The molecule has 0 aliphatic carbocycles. The zero-order valence-corrected chi connectivity index (χ0v) is 18.1. The number of fused-ring (bicyclic) bond motifs is 1. The number of nitrogens with zero attached hydrogens (tertiary/aromatic N) is 3. The second-order valence-corrected chi connectivity index (χ2v) is 8.12. The predicted octanol–water partition coefficient (Wildman–Crippen LogP) is 4.95. The summed E-state index contributed by atoms with van der Waals surface area (Å²) in [5.41, 5.74) is 0.952. The second kappa shape index (κ2) is 9.46. The highest BCUT2D eigenvalue weighted by atomic mass is 19.4. The van der Waals surface area contributed by atoms with E-state index in [-0.39, 0.29) is 22.7 Å². The minimum atomic E-state index is -4.49. The Kier molecular flexibility index (Phi) is 6.66. The van der Waals surface area contributed by atoms with E-state index in [0.29, 0.717) is 32.0 Å². The number of hydrogen-bond acceptors (Lipinski definition) is 6. The van der Waals surface area contributed by atoms with E-state index in [0.717, 1.165) is 36.8 Å². The fourth-order valence-corrected chi connectivity index (χ4v) is 4.21. The van der Waals surface area contributed by atoms with Crippen LogP contribution in [-0.2, 0) is 17.5 Å². The number of halogens is 3. The molecule has 3 aromatic rings. The third kappa shape index (κ3) is 5.05. The summed E-state index contributed by atoms with van der Waals surface area (Å²) in [6, 6.07) is 8.92. The van der Waals surface area contributed by atoms with E-state index in [1.807, 2.05) is 24.3 Å². The maximum absolute atomic E-state index is 13.7. The number of ether oxygens (including phenoxy) is 2. The third-order valence-electron chi connectivity index (χ3n) is 5.68. The molecule has 1 aliphatic rings. The van der Waals surface area contributed by atoms with Crippen molar-refractivity contribution in [3.8, 4) is 5.75 Å². The first kappa shape index (κ1) is 22.5. The summed E-state index contributed by atoms with van der Waals surface area (Å²) < 4.78 is 56.9. The molecular weight excluding hydrogens is 423 g/mol. The second-order valence-electron chi connectivity index (χ2n) is 8.12. The maximum atomic E-state index is 13.7. The summed E-state index contributed by atoms with van der Waals surface area (Å²) in [5, 5.41) is 4.03. The lowest BCUT2D eigenvalue weighted by atomic mass is 9.91. The highest BCUT2D eigenvalue weighted by Gasteiger charge is 2.37. The average Bonchev–Trinajstić information content (AvgIpc) is 3.18. The van der Waals surface area contributed by atoms with Crippen LogP contribution in [0.5, 0.6) is 5.75 Å². The van der Waals surface area contributed by atoms with Crippen molar-refractivity contribution in [2.45, 2.75) is 38.4 Å². The smallest absolute Gasteiger partial charge is 0.417 e. The third-order valence-corrected chi connectivity index (χ3v) is 5.68. The van der Waals surface area contributed by atoms with Crippen molar-refractivity contribution in [3.05, 3.63) is 52.8 Å². The van der Waals surface area contributed by atoms with Gasteiger partial charge in [-0.2, -0.15) is 13.2 Å². The van der Waals surface area contributed by atoms with Gasteiger partial charge < -0.3 is 14.0 Å². The van der Waals surface area contributed by atoms with Crippen LogP contribution in [0, 0.1) is 6.92 Å². The van der Waals surface area contributed by atoms with E-state index < -0.39 is 11.7 Å². The number of piperidine rings is 1. The van der Waals surface area contributed by atoms with Crippen molar-refractivity contribution < 1.29 is 27.2 Å². The fraction of sp³-hybridized carbons (Fsp3) is 0.478. The Morgan fingerprint density at radius 3 is 2.69 bits per heavy atom. The van der Waals surface area contributed by atoms with Gasteiger partial charge in [-0.15, -0.1) is 0 Å². The summed E-state index contributed by atoms with van der Waals surface area (Å²) in [6.07, 6.45) is -2.86. The van der Waals surface area contributed by atoms with Gasteiger partial charge in [0.05, 0.1) is 23.3 Å². The first-order chi connectivity index (χ1) is 15.3. The van der Waals surface area contributed by atoms with Crippen molar-refractivity contribution in [1.29, 1.82) is 0 Å². The van der Waals surface area contributed by atoms with Gasteiger partial charge in [-0.3, -0.25) is 4.90 Å². The molecule has 32 heavy (non-hydrogen) atoms. The number of hydrogen-bond donors (Lipinski definition) is 0. The number of benzene rings is 1. The van der Waals surface area contributed by atoms with Gasteiger partial charge in [0, 0.05) is 31.8 Å². The lowest BCUT2D eigenvalue weighted by molar-refractivity contribution is -0.136. The first-order valence-corrected chi connectivity index (χ1v) is 10.6. The number of methoxy groups -OCH3 is 1. The normalized spacial score (nSPS) is 17.7. The quantitative estimate of drug-likeness (QED) is 0.476. The summed E-state index contributed by atoms with van der Waals surface area (Å²) in [7, 11) is 1.63. The van der Waals surface area contributed by atoms with E-state index in [4.69, 9.17) is 14.0 Å². The summed E-state index contributed by atoms with van der Waals surface area (Å²) in [5.74, 6) is 0.631. The Labute approximate surface area is 184 Å². The molecule has 172 valence electrons. The number of aryl methyl sites for hydroxylation is 1. The van der Waals surface area contributed by atoms with E-state index >= 15 is 0 Å². The molecule has 0 N–H and O–H groups in total. The van der Waals surface area contributed by atoms with Gasteiger partial charge in [0.25, 0.3) is 5.71 Å². The van der Waals surface area contributed by atoms with Gasteiger partial charge in [0.2, 0.25) is 0 Å². The van der Waals surface area contributed by atoms with Crippen molar-refractivity contribution >= 4 is 11.1 Å². The van der Waals surface area contributed by atoms with Crippen molar-refractivity contribution in [1.82, 2.24) is 15.0 Å². The molecule has 0 amide bonds. The van der Waals surface area contributed by atoms with Gasteiger partial charge in [-0.1, -0.05) is 17.3 Å². The Bertz CT molecular complexity index is 1050. The van der Waals surface area contributed by atoms with Crippen molar-refractivity contribution in [3.63, 3.8) is 0 Å². The van der Waals surface area contributed by atoms with E-state index in [9.17, 15) is 13.2 Å². The Morgan fingerprint density at radius 1 is 1.19 bits per heavy atom. The maximum Gasteiger partial charge on any atom is 0.417 e. The number of aromatic nitrogens is 2. The Hall–Kier alpha value is -2.65. The molecule has 3 heterocycles. The highest BCUT2D eigenvalue weighted by molar-refractivity contribution is 5.81. The predicted molar refractivity (Wildman–Crippen MR) is 113 cm³/mol. The molecule has 0 saturated carbocycles. The van der Waals surface area contributed by atoms with Gasteiger partial charge in [0.15, 0.2) is 0 Å². The molecule has 0 spiro atoms. The Morgan fingerprint density at radius 2 is 1.97 bits per heavy atom. The molecule has 0 unspecified atom stereocenters. The first-order valence-electron chi connectivity index (χ1n) is 10.6. The molecule has 1 aromatic carbocycles. The number of pyridine rings is 1. The number of alkyl halides is 3. The van der Waals surface area contributed by atoms with Crippen LogP contribution in [0.1, 0.15) is 41.3 Å². The molecule has 1 fully saturated rings. The van der Waals surface area contributed by atoms with Crippen LogP contribution in [0.25, 0.3) is 11.1 Å². The molecule has 1 saturated heterocycles. The van der Waals surface area contributed by atoms with Crippen molar-refractivity contribution in [2.24, 2.45) is 0 Å². The largest absolute Gasteiger partial charge is 0.491 e. The standard InChI is InChI=1S/C23H26F3N3O3/c1-15-12-19(23(24,25)26)20-21(28-32-22(20)27-15)17-4-3-9-29(14-17)13-16-5-7-18(8-6-16)31-11-10-30-2/h5-8,12,17H,3-4,9-11,13-14H2,1-2H3/t17-/m1/s1. The molecule has 1 atom stereocenters. The zero-order valence-electron chi connectivity index (χ0n) is 18.1. The summed E-state index contributed by atoms with van der Waals surface area (Å²) >= 11 is 0. The van der Waals surface area contributed by atoms with Crippen LogP contribution in [-0.4, -0.2) is 48.5 Å². The Balaban J connectivity index is 1.49. The van der Waals surface area contributed by atoms with Crippen LogP contribution >= 0.6 is 0 Å². The molecule has 6 nitrogen and oxygen atoms in total. The van der Waals surface area contributed by atoms with E-state index in [1.54, 1.807) is 7.11 Å². The summed E-state index contributed by atoms with van der Waals surface area (Å²) in [4.78, 5) is 6.36. The molecule has 0 radical (unpaired) electrons. The average molecular weight is 449 g/mol. The fourth-order valence-electron chi connectivity index (χ4n) is 4.21. The minimum Gasteiger partial charge on any atom is -0.491 e. The highest BCUT2D eigenvalue weighted by Crippen LogP contribution is 2.40. The summed E-state index contributed by atoms with van der Waals surface area (Å²) in [6.45, 7) is 4.73. The van der Waals surface area contributed by atoms with Gasteiger partial charge >= 0.3 is 6.18 Å². The molecule has 4 rings (SSSR count).